The van der Waals surface area contributed by atoms with E-state index in [4.69, 9.17) is 5.11 Å². The number of rotatable bonds is 6. The van der Waals surface area contributed by atoms with Gasteiger partial charge in [-0.05, 0) is 19.8 Å². The number of nitrogens with zero attached hydrogens (tertiary/aromatic N) is 2. The molecule has 0 saturated heterocycles. The third kappa shape index (κ3) is 3.56. The van der Waals surface area contributed by atoms with Crippen LogP contribution in [0.15, 0.2) is 6.20 Å². The lowest BCUT2D eigenvalue weighted by Crippen LogP contribution is -2.49. The first-order valence-electron chi connectivity index (χ1n) is 6.38. The maximum Gasteiger partial charge on any atom is 0.305 e. The molecule has 1 heterocycles. The van der Waals surface area contributed by atoms with Crippen molar-refractivity contribution in [1.29, 1.82) is 0 Å². The summed E-state index contributed by atoms with van der Waals surface area (Å²) in [7, 11) is 1.74. The van der Waals surface area contributed by atoms with Crippen molar-refractivity contribution in [3.63, 3.8) is 0 Å². The second kappa shape index (κ2) is 5.86. The Kier molecular flexibility index (Phi) is 4.69. The molecule has 1 aromatic rings. The molecule has 0 aromatic carbocycles. The number of carboxylic acid groups (broad SMARTS) is 1. The van der Waals surface area contributed by atoms with E-state index in [1.54, 1.807) is 24.9 Å². The Morgan fingerprint density at radius 3 is 2.37 bits per heavy atom. The molecule has 2 N–H and O–H groups in total. The maximum atomic E-state index is 12.2. The summed E-state index contributed by atoms with van der Waals surface area (Å²) in [6, 6.07) is 0. The van der Waals surface area contributed by atoms with Gasteiger partial charge in [0.05, 0.1) is 23.2 Å². The van der Waals surface area contributed by atoms with Gasteiger partial charge in [0.2, 0.25) is 0 Å². The van der Waals surface area contributed by atoms with E-state index in [9.17, 15) is 9.59 Å². The van der Waals surface area contributed by atoms with Gasteiger partial charge in [-0.25, -0.2) is 0 Å². The highest BCUT2D eigenvalue weighted by Crippen LogP contribution is 2.21. The van der Waals surface area contributed by atoms with Crippen LogP contribution in [-0.4, -0.2) is 32.3 Å². The molecule has 0 unspecified atom stereocenters. The van der Waals surface area contributed by atoms with Gasteiger partial charge in [0.1, 0.15) is 0 Å². The quantitative estimate of drug-likeness (QED) is 0.818. The van der Waals surface area contributed by atoms with Crippen LogP contribution in [0, 0.1) is 6.92 Å². The normalized spacial score (nSPS) is 11.4. The Bertz CT molecular complexity index is 475. The van der Waals surface area contributed by atoms with E-state index in [1.807, 2.05) is 13.8 Å². The zero-order valence-electron chi connectivity index (χ0n) is 11.9. The van der Waals surface area contributed by atoms with Crippen LogP contribution in [0.4, 0.5) is 0 Å². The molecule has 0 radical (unpaired) electrons. The molecule has 0 atom stereocenters. The summed E-state index contributed by atoms with van der Waals surface area (Å²) in [5.74, 6) is -1.18. The Labute approximate surface area is 112 Å². The number of carbonyl (C=O) groups excluding carboxylic acids is 1. The van der Waals surface area contributed by atoms with Crippen molar-refractivity contribution in [3.05, 3.63) is 17.5 Å². The predicted octanol–water partition coefficient (Wildman–Crippen LogP) is 1.49. The van der Waals surface area contributed by atoms with E-state index in [2.05, 4.69) is 10.4 Å². The molecule has 0 fully saturated rings. The minimum absolute atomic E-state index is 0.0783. The Morgan fingerprint density at radius 1 is 1.42 bits per heavy atom. The highest BCUT2D eigenvalue weighted by atomic mass is 16.4. The van der Waals surface area contributed by atoms with Crippen LogP contribution in [0.25, 0.3) is 0 Å². The van der Waals surface area contributed by atoms with E-state index in [-0.39, 0.29) is 12.3 Å². The maximum absolute atomic E-state index is 12.2. The van der Waals surface area contributed by atoms with Crippen molar-refractivity contribution in [3.8, 4) is 0 Å². The number of aryl methyl sites for hydroxylation is 2. The lowest BCUT2D eigenvalue weighted by atomic mass is 9.88. The largest absolute Gasteiger partial charge is 0.481 e. The van der Waals surface area contributed by atoms with Gasteiger partial charge in [-0.3, -0.25) is 14.3 Å². The second-order valence-corrected chi connectivity index (χ2v) is 4.81. The van der Waals surface area contributed by atoms with Crippen molar-refractivity contribution < 1.29 is 14.7 Å². The van der Waals surface area contributed by atoms with Crippen molar-refractivity contribution in [2.24, 2.45) is 7.05 Å². The smallest absolute Gasteiger partial charge is 0.305 e. The average molecular weight is 267 g/mol. The molecule has 0 aliphatic heterocycles. The molecule has 0 aliphatic rings. The van der Waals surface area contributed by atoms with Crippen molar-refractivity contribution in [2.75, 3.05) is 0 Å². The molecule has 19 heavy (non-hydrogen) atoms. The average Bonchev–Trinajstić information content (AvgIpc) is 2.67. The molecular formula is C13H21N3O3. The molecule has 1 aromatic heterocycles. The fraction of sp³-hybridized carbons (Fsp3) is 0.615. The van der Waals surface area contributed by atoms with Gasteiger partial charge in [0.25, 0.3) is 5.91 Å². The molecule has 1 rings (SSSR count). The van der Waals surface area contributed by atoms with Gasteiger partial charge in [0, 0.05) is 13.2 Å². The third-order valence-electron chi connectivity index (χ3n) is 3.48. The molecule has 6 heteroatoms. The van der Waals surface area contributed by atoms with Gasteiger partial charge >= 0.3 is 5.97 Å². The fourth-order valence-corrected chi connectivity index (χ4v) is 2.14. The molecule has 6 nitrogen and oxygen atoms in total. The van der Waals surface area contributed by atoms with Crippen LogP contribution >= 0.6 is 0 Å². The van der Waals surface area contributed by atoms with Crippen LogP contribution in [-0.2, 0) is 11.8 Å². The number of hydrogen-bond acceptors (Lipinski definition) is 3. The Balaban J connectivity index is 2.93. The van der Waals surface area contributed by atoms with Gasteiger partial charge < -0.3 is 10.4 Å². The third-order valence-corrected chi connectivity index (χ3v) is 3.48. The van der Waals surface area contributed by atoms with E-state index >= 15 is 0 Å². The molecule has 0 aliphatic carbocycles. The first kappa shape index (κ1) is 15.2. The van der Waals surface area contributed by atoms with Gasteiger partial charge in [0.15, 0.2) is 0 Å². The summed E-state index contributed by atoms with van der Waals surface area (Å²) in [5.41, 5.74) is 0.418. The van der Waals surface area contributed by atoms with Crippen molar-refractivity contribution in [1.82, 2.24) is 15.1 Å². The molecular weight excluding hydrogens is 246 g/mol. The summed E-state index contributed by atoms with van der Waals surface area (Å²) in [5, 5.41) is 16.0. The Morgan fingerprint density at radius 2 is 2.00 bits per heavy atom. The number of hydrogen-bond donors (Lipinski definition) is 2. The number of carboxylic acids is 1. The molecule has 106 valence electrons. The molecule has 1 amide bonds. The highest BCUT2D eigenvalue weighted by molar-refractivity contribution is 5.95. The van der Waals surface area contributed by atoms with Gasteiger partial charge in [-0.15, -0.1) is 0 Å². The van der Waals surface area contributed by atoms with Crippen molar-refractivity contribution >= 4 is 11.9 Å². The van der Waals surface area contributed by atoms with Gasteiger partial charge in [-0.2, -0.15) is 5.10 Å². The first-order chi connectivity index (χ1) is 8.83. The van der Waals surface area contributed by atoms with Crippen LogP contribution in [0.5, 0.6) is 0 Å². The molecule has 0 saturated carbocycles. The topological polar surface area (TPSA) is 84.2 Å². The number of nitrogens with one attached hydrogen (secondary N) is 1. The second-order valence-electron chi connectivity index (χ2n) is 4.81. The summed E-state index contributed by atoms with van der Waals surface area (Å²) in [6.45, 7) is 5.51. The van der Waals surface area contributed by atoms with E-state index in [0.29, 0.717) is 24.1 Å². The first-order valence-corrected chi connectivity index (χ1v) is 6.38. The minimum atomic E-state index is -0.910. The van der Waals surface area contributed by atoms with E-state index in [0.717, 1.165) is 0 Å². The van der Waals surface area contributed by atoms with Crippen LogP contribution in [0.1, 0.15) is 49.2 Å². The number of amides is 1. The van der Waals surface area contributed by atoms with Crippen LogP contribution in [0.2, 0.25) is 0 Å². The minimum Gasteiger partial charge on any atom is -0.481 e. The van der Waals surface area contributed by atoms with E-state index in [1.165, 1.54) is 0 Å². The summed E-state index contributed by atoms with van der Waals surface area (Å²) >= 11 is 0. The summed E-state index contributed by atoms with van der Waals surface area (Å²) < 4.78 is 1.57. The predicted molar refractivity (Wildman–Crippen MR) is 71.0 cm³/mol. The highest BCUT2D eigenvalue weighted by Gasteiger charge is 2.32. The SMILES string of the molecule is CCC(CC)(CC(=O)O)NC(=O)c1cn(C)nc1C. The lowest BCUT2D eigenvalue weighted by molar-refractivity contribution is -0.138. The van der Waals surface area contributed by atoms with Gasteiger partial charge in [-0.1, -0.05) is 13.8 Å². The Hall–Kier alpha value is -1.85. The summed E-state index contributed by atoms with van der Waals surface area (Å²) in [4.78, 5) is 23.2. The molecule has 0 spiro atoms. The standard InChI is InChI=1S/C13H21N3O3/c1-5-13(6-2,7-11(17)18)14-12(19)10-8-16(4)15-9(10)3/h8H,5-7H2,1-4H3,(H,14,19)(H,17,18). The van der Waals surface area contributed by atoms with E-state index < -0.39 is 11.5 Å². The lowest BCUT2D eigenvalue weighted by Gasteiger charge is -2.31. The number of aromatic nitrogens is 2. The molecule has 0 bridgehead atoms. The zero-order chi connectivity index (χ0) is 14.6. The monoisotopic (exact) mass is 267 g/mol. The van der Waals surface area contributed by atoms with Crippen molar-refractivity contribution in [2.45, 2.75) is 45.6 Å². The number of carbonyl (C=O) groups is 2. The number of aliphatic carboxylic acids is 1. The zero-order valence-corrected chi connectivity index (χ0v) is 11.9. The fourth-order valence-electron chi connectivity index (χ4n) is 2.14. The summed E-state index contributed by atoms with van der Waals surface area (Å²) in [6.07, 6.45) is 2.70. The van der Waals surface area contributed by atoms with Crippen LogP contribution in [0.3, 0.4) is 0 Å². The van der Waals surface area contributed by atoms with Crippen LogP contribution < -0.4 is 5.32 Å².